The van der Waals surface area contributed by atoms with Crippen LogP contribution < -0.4 is 5.32 Å². The molecule has 3 heteroatoms. The summed E-state index contributed by atoms with van der Waals surface area (Å²) in [6.45, 7) is 7.68. The topological polar surface area (TPSA) is 12.0 Å². The van der Waals surface area contributed by atoms with Crippen LogP contribution in [0.2, 0.25) is 0 Å². The van der Waals surface area contributed by atoms with Gasteiger partial charge >= 0.3 is 0 Å². The average molecular weight is 371 g/mol. The molecule has 1 N–H and O–H groups in total. The first-order valence-corrected chi connectivity index (χ1v) is 7.93. The van der Waals surface area contributed by atoms with Gasteiger partial charge in [0.05, 0.1) is 0 Å². The second-order valence-electron chi connectivity index (χ2n) is 5.38. The average Bonchev–Trinajstić information content (AvgIpc) is 2.77. The summed E-state index contributed by atoms with van der Waals surface area (Å²) in [5, 5.41) is 3.46. The monoisotopic (exact) mass is 371 g/mol. The summed E-state index contributed by atoms with van der Waals surface area (Å²) >= 11 is 4.22. The van der Waals surface area contributed by atoms with Crippen LogP contribution in [0.4, 0.5) is 5.69 Å². The Kier molecular flexibility index (Phi) is 4.33. The van der Waals surface area contributed by atoms with Crippen molar-refractivity contribution in [2.24, 2.45) is 0 Å². The summed E-state index contributed by atoms with van der Waals surface area (Å²) in [6.07, 6.45) is 0. The third-order valence-corrected chi connectivity index (χ3v) is 4.94. The number of anilines is 1. The van der Waals surface area contributed by atoms with Gasteiger partial charge in [0.25, 0.3) is 0 Å². The molecule has 0 saturated carbocycles. The van der Waals surface area contributed by atoms with Gasteiger partial charge < -0.3 is 5.32 Å². The zero-order valence-corrected chi connectivity index (χ0v) is 13.9. The number of hydrogen-bond donors (Lipinski definition) is 1. The highest BCUT2D eigenvalue weighted by Crippen LogP contribution is 2.29. The van der Waals surface area contributed by atoms with Crippen molar-refractivity contribution in [1.29, 1.82) is 0 Å². The summed E-state index contributed by atoms with van der Waals surface area (Å²) < 4.78 is 1.27. The molecule has 2 rings (SSSR count). The summed E-state index contributed by atoms with van der Waals surface area (Å²) in [4.78, 5) is 2.83. The molecule has 0 atom stereocenters. The fourth-order valence-electron chi connectivity index (χ4n) is 1.63. The van der Waals surface area contributed by atoms with Crippen LogP contribution in [0.15, 0.2) is 36.4 Å². The van der Waals surface area contributed by atoms with Gasteiger partial charge in [0.2, 0.25) is 0 Å². The largest absolute Gasteiger partial charge is 0.380 e. The zero-order chi connectivity index (χ0) is 13.2. The lowest BCUT2D eigenvalue weighted by Crippen LogP contribution is -2.07. The van der Waals surface area contributed by atoms with Crippen molar-refractivity contribution < 1.29 is 0 Å². The van der Waals surface area contributed by atoms with Gasteiger partial charge in [-0.25, -0.2) is 0 Å². The van der Waals surface area contributed by atoms with Crippen LogP contribution in [0.25, 0.3) is 0 Å². The number of nitrogens with one attached hydrogen (secondary N) is 1. The molecule has 96 valence electrons. The van der Waals surface area contributed by atoms with Crippen LogP contribution in [-0.2, 0) is 12.0 Å². The van der Waals surface area contributed by atoms with Gasteiger partial charge in [-0.1, -0.05) is 20.8 Å². The minimum absolute atomic E-state index is 0.256. The zero-order valence-electron chi connectivity index (χ0n) is 11.0. The summed E-state index contributed by atoms with van der Waals surface area (Å²) in [6, 6.07) is 13.0. The number of thiophene rings is 1. The molecule has 0 bridgehead atoms. The van der Waals surface area contributed by atoms with Gasteiger partial charge in [0.1, 0.15) is 0 Å². The number of halogens is 1. The van der Waals surface area contributed by atoms with Gasteiger partial charge in [-0.2, -0.15) is 0 Å². The molecule has 0 aliphatic heterocycles. The van der Waals surface area contributed by atoms with E-state index in [4.69, 9.17) is 0 Å². The molecule has 0 spiro atoms. The minimum Gasteiger partial charge on any atom is -0.380 e. The van der Waals surface area contributed by atoms with Crippen molar-refractivity contribution in [3.63, 3.8) is 0 Å². The predicted molar refractivity (Wildman–Crippen MR) is 89.5 cm³/mol. The first kappa shape index (κ1) is 13.9. The fraction of sp³-hybridized carbons (Fsp3) is 0.333. The molecule has 0 amide bonds. The first-order valence-electron chi connectivity index (χ1n) is 6.04. The van der Waals surface area contributed by atoms with E-state index in [0.29, 0.717) is 0 Å². The van der Waals surface area contributed by atoms with Crippen molar-refractivity contribution >= 4 is 39.6 Å². The molecular formula is C15H18INS. The standard InChI is InChI=1S/C15H18INS/c1-15(2,3)14-9-8-13(18-14)10-17-12-6-4-11(16)5-7-12/h4-9,17H,10H2,1-3H3. The molecular weight excluding hydrogens is 353 g/mol. The third-order valence-electron chi connectivity index (χ3n) is 2.71. The maximum Gasteiger partial charge on any atom is 0.0494 e. The quantitative estimate of drug-likeness (QED) is 0.726. The highest BCUT2D eigenvalue weighted by molar-refractivity contribution is 14.1. The van der Waals surface area contributed by atoms with E-state index in [1.165, 1.54) is 19.0 Å². The maximum atomic E-state index is 3.46. The Morgan fingerprint density at radius 2 is 1.72 bits per heavy atom. The van der Waals surface area contributed by atoms with E-state index in [1.54, 1.807) is 0 Å². The van der Waals surface area contributed by atoms with E-state index in [9.17, 15) is 0 Å². The van der Waals surface area contributed by atoms with Gasteiger partial charge in [-0.05, 0) is 64.4 Å². The maximum absolute atomic E-state index is 3.46. The number of rotatable bonds is 3. The van der Waals surface area contributed by atoms with Gasteiger partial charge in [-0.3, -0.25) is 0 Å². The van der Waals surface area contributed by atoms with Gasteiger partial charge in [-0.15, -0.1) is 11.3 Å². The number of benzene rings is 1. The third kappa shape index (κ3) is 3.72. The molecule has 0 saturated heterocycles. The van der Waals surface area contributed by atoms with E-state index in [2.05, 4.69) is 85.1 Å². The summed E-state index contributed by atoms with van der Waals surface area (Å²) in [7, 11) is 0. The normalized spacial score (nSPS) is 11.6. The van der Waals surface area contributed by atoms with Crippen LogP contribution in [0.5, 0.6) is 0 Å². The highest BCUT2D eigenvalue weighted by Gasteiger charge is 2.15. The summed E-state index contributed by atoms with van der Waals surface area (Å²) in [5.74, 6) is 0. The lowest BCUT2D eigenvalue weighted by atomic mass is 9.95. The van der Waals surface area contributed by atoms with E-state index in [-0.39, 0.29) is 5.41 Å². The Bertz CT molecular complexity index is 508. The van der Waals surface area contributed by atoms with E-state index in [0.717, 1.165) is 6.54 Å². The Hall–Kier alpha value is -0.550. The van der Waals surface area contributed by atoms with Crippen LogP contribution in [-0.4, -0.2) is 0 Å². The molecule has 18 heavy (non-hydrogen) atoms. The Morgan fingerprint density at radius 1 is 1.06 bits per heavy atom. The van der Waals surface area contributed by atoms with Crippen molar-refractivity contribution in [3.05, 3.63) is 49.7 Å². The molecule has 0 unspecified atom stereocenters. The minimum atomic E-state index is 0.256. The Balaban J connectivity index is 1.98. The van der Waals surface area contributed by atoms with Crippen molar-refractivity contribution in [3.8, 4) is 0 Å². The molecule has 1 aromatic carbocycles. The lowest BCUT2D eigenvalue weighted by molar-refractivity contribution is 0.604. The molecule has 2 aromatic rings. The lowest BCUT2D eigenvalue weighted by Gasteiger charge is -2.15. The number of hydrogen-bond acceptors (Lipinski definition) is 2. The van der Waals surface area contributed by atoms with E-state index >= 15 is 0 Å². The van der Waals surface area contributed by atoms with E-state index < -0.39 is 0 Å². The second kappa shape index (κ2) is 5.61. The second-order valence-corrected chi connectivity index (χ2v) is 7.79. The van der Waals surface area contributed by atoms with Crippen molar-refractivity contribution in [2.45, 2.75) is 32.7 Å². The first-order chi connectivity index (χ1) is 8.45. The van der Waals surface area contributed by atoms with Crippen molar-refractivity contribution in [2.75, 3.05) is 5.32 Å². The Morgan fingerprint density at radius 3 is 2.28 bits per heavy atom. The highest BCUT2D eigenvalue weighted by atomic mass is 127. The fourth-order valence-corrected chi connectivity index (χ4v) is 3.00. The SMILES string of the molecule is CC(C)(C)c1ccc(CNc2ccc(I)cc2)s1. The van der Waals surface area contributed by atoms with Crippen LogP contribution in [0.1, 0.15) is 30.5 Å². The molecule has 1 aromatic heterocycles. The van der Waals surface area contributed by atoms with Gasteiger partial charge in [0, 0.05) is 25.6 Å². The van der Waals surface area contributed by atoms with Crippen LogP contribution in [0.3, 0.4) is 0 Å². The summed E-state index contributed by atoms with van der Waals surface area (Å²) in [5.41, 5.74) is 1.44. The smallest absolute Gasteiger partial charge is 0.0494 e. The Labute approximate surface area is 127 Å². The van der Waals surface area contributed by atoms with Gasteiger partial charge in [0.15, 0.2) is 0 Å². The van der Waals surface area contributed by atoms with E-state index in [1.807, 2.05) is 11.3 Å². The van der Waals surface area contributed by atoms with Crippen LogP contribution >= 0.6 is 33.9 Å². The molecule has 1 heterocycles. The van der Waals surface area contributed by atoms with Crippen molar-refractivity contribution in [1.82, 2.24) is 0 Å². The predicted octanol–water partition coefficient (Wildman–Crippen LogP) is 5.26. The molecule has 0 radical (unpaired) electrons. The van der Waals surface area contributed by atoms with Crippen LogP contribution in [0, 0.1) is 3.57 Å². The molecule has 0 aliphatic rings. The molecule has 0 fully saturated rings. The molecule has 1 nitrogen and oxygen atoms in total. The molecule has 0 aliphatic carbocycles.